The van der Waals surface area contributed by atoms with Gasteiger partial charge >= 0.3 is 0 Å². The van der Waals surface area contributed by atoms with E-state index < -0.39 is 15.9 Å². The topological polar surface area (TPSA) is 80.4 Å². The highest BCUT2D eigenvalue weighted by atomic mass is 32.2. The van der Waals surface area contributed by atoms with E-state index >= 15 is 0 Å². The molecule has 0 aromatic heterocycles. The van der Waals surface area contributed by atoms with Crippen molar-refractivity contribution in [2.45, 2.75) is 24.3 Å². The molecule has 0 amide bonds. The number of nitrogen functional groups attached to an aromatic ring is 1. The summed E-state index contributed by atoms with van der Waals surface area (Å²) in [4.78, 5) is 0.234. The van der Waals surface area contributed by atoms with Crippen molar-refractivity contribution in [3.05, 3.63) is 23.8 Å². The summed E-state index contributed by atoms with van der Waals surface area (Å²) in [5, 5.41) is 9.25. The Morgan fingerprint density at radius 2 is 2.07 bits per heavy atom. The molecule has 4 nitrogen and oxygen atoms in total. The van der Waals surface area contributed by atoms with Crippen LogP contribution in [0.25, 0.3) is 0 Å². The maximum Gasteiger partial charge on any atom is 0.175 e. The molecule has 0 fully saturated rings. The SMILES string of the molecule is CC(O)Cc1cc(N)ccc1S(C)(=O)=O. The fourth-order valence-corrected chi connectivity index (χ4v) is 2.37. The monoisotopic (exact) mass is 229 g/mol. The smallest absolute Gasteiger partial charge is 0.175 e. The van der Waals surface area contributed by atoms with Gasteiger partial charge in [-0.3, -0.25) is 0 Å². The van der Waals surface area contributed by atoms with Crippen LogP contribution in [0.2, 0.25) is 0 Å². The molecular weight excluding hydrogens is 214 g/mol. The summed E-state index contributed by atoms with van der Waals surface area (Å²) in [6, 6.07) is 4.60. The molecule has 1 atom stereocenters. The summed E-state index contributed by atoms with van der Waals surface area (Å²) in [6.07, 6.45) is 0.838. The summed E-state index contributed by atoms with van der Waals surface area (Å²) in [7, 11) is -3.26. The van der Waals surface area contributed by atoms with Crippen LogP contribution in [0.5, 0.6) is 0 Å². The number of hydrogen-bond acceptors (Lipinski definition) is 4. The largest absolute Gasteiger partial charge is 0.399 e. The van der Waals surface area contributed by atoms with Gasteiger partial charge < -0.3 is 10.8 Å². The molecule has 0 spiro atoms. The molecule has 0 radical (unpaired) electrons. The zero-order valence-corrected chi connectivity index (χ0v) is 9.58. The number of aliphatic hydroxyl groups is 1. The molecule has 1 aromatic rings. The number of nitrogens with two attached hydrogens (primary N) is 1. The second-order valence-corrected chi connectivity index (χ2v) is 5.68. The summed E-state index contributed by atoms with van der Waals surface area (Å²) >= 11 is 0. The standard InChI is InChI=1S/C10H15NO3S/c1-7(12)5-8-6-9(11)3-4-10(8)15(2,13)14/h3-4,6-7,12H,5,11H2,1-2H3. The lowest BCUT2D eigenvalue weighted by Crippen LogP contribution is -2.10. The van der Waals surface area contributed by atoms with Gasteiger partial charge in [0.25, 0.3) is 0 Å². The van der Waals surface area contributed by atoms with E-state index in [1.54, 1.807) is 19.1 Å². The van der Waals surface area contributed by atoms with E-state index in [-0.39, 0.29) is 11.3 Å². The van der Waals surface area contributed by atoms with Crippen LogP contribution in [0.1, 0.15) is 12.5 Å². The summed E-state index contributed by atoms with van der Waals surface area (Å²) in [5.74, 6) is 0. The molecule has 1 unspecified atom stereocenters. The first-order valence-electron chi connectivity index (χ1n) is 4.57. The van der Waals surface area contributed by atoms with Crippen LogP contribution in [-0.4, -0.2) is 25.9 Å². The number of rotatable bonds is 3. The Kier molecular flexibility index (Phi) is 3.36. The van der Waals surface area contributed by atoms with Crippen molar-refractivity contribution in [3.63, 3.8) is 0 Å². The first-order valence-corrected chi connectivity index (χ1v) is 6.46. The highest BCUT2D eigenvalue weighted by Gasteiger charge is 2.14. The van der Waals surface area contributed by atoms with E-state index in [1.165, 1.54) is 6.07 Å². The molecule has 5 heteroatoms. The Morgan fingerprint density at radius 1 is 1.47 bits per heavy atom. The summed E-state index contributed by atoms with van der Waals surface area (Å²) in [6.45, 7) is 1.61. The third-order valence-corrected chi connectivity index (χ3v) is 3.20. The van der Waals surface area contributed by atoms with Gasteiger partial charge in [-0.1, -0.05) is 0 Å². The minimum Gasteiger partial charge on any atom is -0.399 e. The Hall–Kier alpha value is -1.07. The van der Waals surface area contributed by atoms with Gasteiger partial charge in [-0.05, 0) is 37.1 Å². The Balaban J connectivity index is 3.27. The van der Waals surface area contributed by atoms with Crippen molar-refractivity contribution in [3.8, 4) is 0 Å². The zero-order valence-electron chi connectivity index (χ0n) is 8.77. The van der Waals surface area contributed by atoms with Gasteiger partial charge in [-0.2, -0.15) is 0 Å². The van der Waals surface area contributed by atoms with Gasteiger partial charge in [0.2, 0.25) is 0 Å². The average molecular weight is 229 g/mol. The fourth-order valence-electron chi connectivity index (χ4n) is 1.44. The molecule has 15 heavy (non-hydrogen) atoms. The van der Waals surface area contributed by atoms with Crippen molar-refractivity contribution < 1.29 is 13.5 Å². The minimum atomic E-state index is -3.26. The Morgan fingerprint density at radius 3 is 2.53 bits per heavy atom. The lowest BCUT2D eigenvalue weighted by atomic mass is 10.1. The van der Waals surface area contributed by atoms with E-state index in [2.05, 4.69) is 0 Å². The second kappa shape index (κ2) is 4.20. The van der Waals surface area contributed by atoms with Crippen LogP contribution in [0.15, 0.2) is 23.1 Å². The van der Waals surface area contributed by atoms with Gasteiger partial charge in [0.05, 0.1) is 11.0 Å². The van der Waals surface area contributed by atoms with Crippen LogP contribution < -0.4 is 5.73 Å². The maximum absolute atomic E-state index is 11.4. The lowest BCUT2D eigenvalue weighted by Gasteiger charge is -2.10. The predicted octanol–water partition coefficient (Wildman–Crippen LogP) is 0.596. The van der Waals surface area contributed by atoms with E-state index in [0.717, 1.165) is 6.26 Å². The van der Waals surface area contributed by atoms with Gasteiger partial charge in [0.1, 0.15) is 0 Å². The molecule has 0 aliphatic rings. The molecule has 0 bridgehead atoms. The van der Waals surface area contributed by atoms with Crippen LogP contribution >= 0.6 is 0 Å². The number of anilines is 1. The zero-order chi connectivity index (χ0) is 11.6. The molecule has 84 valence electrons. The lowest BCUT2D eigenvalue weighted by molar-refractivity contribution is 0.194. The van der Waals surface area contributed by atoms with Crippen molar-refractivity contribution >= 4 is 15.5 Å². The molecule has 1 rings (SSSR count). The van der Waals surface area contributed by atoms with Crippen molar-refractivity contribution in [2.24, 2.45) is 0 Å². The fraction of sp³-hybridized carbons (Fsp3) is 0.400. The third kappa shape index (κ3) is 3.21. The van der Waals surface area contributed by atoms with E-state index in [4.69, 9.17) is 5.73 Å². The van der Waals surface area contributed by atoms with Gasteiger partial charge in [0.15, 0.2) is 9.84 Å². The average Bonchev–Trinajstić information content (AvgIpc) is 1.99. The van der Waals surface area contributed by atoms with E-state index in [0.29, 0.717) is 11.3 Å². The molecule has 0 heterocycles. The second-order valence-electron chi connectivity index (χ2n) is 3.69. The number of sulfone groups is 1. The van der Waals surface area contributed by atoms with E-state index in [1.807, 2.05) is 0 Å². The van der Waals surface area contributed by atoms with Crippen LogP contribution in [-0.2, 0) is 16.3 Å². The number of hydrogen-bond donors (Lipinski definition) is 2. The molecule has 1 aromatic carbocycles. The maximum atomic E-state index is 11.4. The van der Waals surface area contributed by atoms with E-state index in [9.17, 15) is 13.5 Å². The predicted molar refractivity (Wildman–Crippen MR) is 59.3 cm³/mol. The number of benzene rings is 1. The molecule has 3 N–H and O–H groups in total. The molecule has 0 saturated carbocycles. The van der Waals surface area contributed by atoms with Crippen LogP contribution in [0.3, 0.4) is 0 Å². The van der Waals surface area contributed by atoms with Gasteiger partial charge in [-0.15, -0.1) is 0 Å². The van der Waals surface area contributed by atoms with Crippen LogP contribution in [0.4, 0.5) is 5.69 Å². The highest BCUT2D eigenvalue weighted by molar-refractivity contribution is 7.90. The summed E-state index contributed by atoms with van der Waals surface area (Å²) < 4.78 is 22.8. The van der Waals surface area contributed by atoms with Crippen molar-refractivity contribution in [1.29, 1.82) is 0 Å². The third-order valence-electron chi connectivity index (χ3n) is 2.00. The van der Waals surface area contributed by atoms with Crippen molar-refractivity contribution in [1.82, 2.24) is 0 Å². The van der Waals surface area contributed by atoms with Crippen molar-refractivity contribution in [2.75, 3.05) is 12.0 Å². The first kappa shape index (κ1) is 12.0. The number of aliphatic hydroxyl groups excluding tert-OH is 1. The normalized spacial score (nSPS) is 13.8. The minimum absolute atomic E-state index is 0.234. The quantitative estimate of drug-likeness (QED) is 0.744. The first-order chi connectivity index (χ1) is 6.80. The van der Waals surface area contributed by atoms with Crippen LogP contribution in [0, 0.1) is 0 Å². The Labute approximate surface area is 89.7 Å². The highest BCUT2D eigenvalue weighted by Crippen LogP contribution is 2.20. The van der Waals surface area contributed by atoms with Gasteiger partial charge in [-0.25, -0.2) is 8.42 Å². The van der Waals surface area contributed by atoms with Gasteiger partial charge in [0, 0.05) is 11.9 Å². The summed E-state index contributed by atoms with van der Waals surface area (Å²) in [5.41, 5.74) is 6.63. The Bertz CT molecular complexity index is 452. The molecule has 0 aliphatic heterocycles. The molecule has 0 saturated heterocycles. The molecular formula is C10H15NO3S. The molecule has 0 aliphatic carbocycles.